The van der Waals surface area contributed by atoms with E-state index in [9.17, 15) is 9.59 Å². The Morgan fingerprint density at radius 1 is 1.14 bits per heavy atom. The van der Waals surface area contributed by atoms with Crippen LogP contribution in [0.4, 0.5) is 4.79 Å². The Hall–Kier alpha value is -1.26. The molecule has 1 unspecified atom stereocenters. The predicted molar refractivity (Wildman–Crippen MR) is 85.6 cm³/mol. The number of nitrogens with zero attached hydrogens (tertiary/aromatic N) is 1. The van der Waals surface area contributed by atoms with Gasteiger partial charge < -0.3 is 9.47 Å². The second-order valence-electron chi connectivity index (χ2n) is 7.19. The predicted octanol–water partition coefficient (Wildman–Crippen LogP) is 3.76. The maximum Gasteiger partial charge on any atom is 0.410 e. The Bertz CT molecular complexity index is 362. The lowest BCUT2D eigenvalue weighted by molar-refractivity contribution is -0.148. The van der Waals surface area contributed by atoms with E-state index >= 15 is 0 Å². The molecule has 1 fully saturated rings. The van der Waals surface area contributed by atoms with Crippen LogP contribution < -0.4 is 0 Å². The summed E-state index contributed by atoms with van der Waals surface area (Å²) in [5.41, 5.74) is -0.0787. The van der Waals surface area contributed by atoms with Crippen molar-refractivity contribution in [2.75, 3.05) is 19.8 Å². The van der Waals surface area contributed by atoms with E-state index in [1.165, 1.54) is 4.90 Å². The molecule has 5 nitrogen and oxygen atoms in total. The van der Waals surface area contributed by atoms with E-state index in [1.54, 1.807) is 0 Å². The Labute approximate surface area is 134 Å². The summed E-state index contributed by atoms with van der Waals surface area (Å²) in [6.07, 6.45) is 5.36. The molecule has 0 aliphatic carbocycles. The van der Waals surface area contributed by atoms with E-state index in [-0.39, 0.29) is 11.4 Å². The lowest BCUT2D eigenvalue weighted by Crippen LogP contribution is -2.42. The third kappa shape index (κ3) is 6.67. The van der Waals surface area contributed by atoms with E-state index in [0.29, 0.717) is 26.2 Å². The number of unbranched alkanes of at least 4 members (excludes halogenated alkanes) is 3. The Morgan fingerprint density at radius 2 is 1.86 bits per heavy atom. The molecule has 22 heavy (non-hydrogen) atoms. The number of ether oxygens (including phenoxy) is 2. The van der Waals surface area contributed by atoms with Crippen molar-refractivity contribution in [3.8, 4) is 0 Å². The highest BCUT2D eigenvalue weighted by Crippen LogP contribution is 2.21. The van der Waals surface area contributed by atoms with Crippen molar-refractivity contribution in [3.05, 3.63) is 0 Å². The SMILES string of the molecule is CCCCCCOC(=O)C1CCCN1C(=O)OCC(C)(C)C. The highest BCUT2D eigenvalue weighted by molar-refractivity contribution is 5.82. The van der Waals surface area contributed by atoms with Gasteiger partial charge in [0.2, 0.25) is 0 Å². The number of carbonyl (C=O) groups excluding carboxylic acids is 2. The molecule has 0 aromatic rings. The van der Waals surface area contributed by atoms with Gasteiger partial charge in [0.1, 0.15) is 6.04 Å². The number of rotatable bonds is 7. The number of amides is 1. The summed E-state index contributed by atoms with van der Waals surface area (Å²) in [4.78, 5) is 25.8. The van der Waals surface area contributed by atoms with Gasteiger partial charge in [-0.05, 0) is 24.7 Å². The number of hydrogen-bond acceptors (Lipinski definition) is 4. The molecule has 1 amide bonds. The van der Waals surface area contributed by atoms with Crippen molar-refractivity contribution in [3.63, 3.8) is 0 Å². The van der Waals surface area contributed by atoms with E-state index in [4.69, 9.17) is 9.47 Å². The molecule has 0 aromatic heterocycles. The summed E-state index contributed by atoms with van der Waals surface area (Å²) in [5.74, 6) is -0.290. The van der Waals surface area contributed by atoms with Gasteiger partial charge in [-0.3, -0.25) is 4.90 Å². The first-order valence-electron chi connectivity index (χ1n) is 8.45. The molecule has 0 bridgehead atoms. The van der Waals surface area contributed by atoms with Crippen molar-refractivity contribution < 1.29 is 19.1 Å². The Kier molecular flexibility index (Phi) is 7.69. The summed E-state index contributed by atoms with van der Waals surface area (Å²) in [5, 5.41) is 0. The van der Waals surface area contributed by atoms with Crippen LogP contribution in [0.15, 0.2) is 0 Å². The van der Waals surface area contributed by atoms with Gasteiger partial charge in [0.15, 0.2) is 0 Å². The summed E-state index contributed by atoms with van der Waals surface area (Å²) >= 11 is 0. The summed E-state index contributed by atoms with van der Waals surface area (Å²) < 4.78 is 10.6. The van der Waals surface area contributed by atoms with E-state index in [1.807, 2.05) is 20.8 Å². The molecule has 1 saturated heterocycles. The second kappa shape index (κ2) is 9.01. The first kappa shape index (κ1) is 18.8. The molecule has 5 heteroatoms. The quantitative estimate of drug-likeness (QED) is 0.530. The first-order valence-corrected chi connectivity index (χ1v) is 8.45. The first-order chi connectivity index (χ1) is 10.3. The van der Waals surface area contributed by atoms with Gasteiger partial charge in [-0.2, -0.15) is 0 Å². The van der Waals surface area contributed by atoms with Crippen LogP contribution in [0.2, 0.25) is 0 Å². The highest BCUT2D eigenvalue weighted by Gasteiger charge is 2.36. The largest absolute Gasteiger partial charge is 0.464 e. The van der Waals surface area contributed by atoms with Crippen LogP contribution in [0.1, 0.15) is 66.2 Å². The average Bonchev–Trinajstić information content (AvgIpc) is 2.93. The summed E-state index contributed by atoms with van der Waals surface area (Å²) in [6.45, 7) is 9.52. The van der Waals surface area contributed by atoms with Crippen LogP contribution in [0, 0.1) is 5.41 Å². The van der Waals surface area contributed by atoms with Crippen LogP contribution in [-0.4, -0.2) is 42.8 Å². The van der Waals surface area contributed by atoms with Gasteiger partial charge in [-0.1, -0.05) is 47.0 Å². The molecule has 128 valence electrons. The van der Waals surface area contributed by atoms with Gasteiger partial charge in [-0.15, -0.1) is 0 Å². The fourth-order valence-electron chi connectivity index (χ4n) is 2.39. The van der Waals surface area contributed by atoms with Crippen LogP contribution >= 0.6 is 0 Å². The van der Waals surface area contributed by atoms with Crippen molar-refractivity contribution in [2.45, 2.75) is 72.3 Å². The average molecular weight is 313 g/mol. The highest BCUT2D eigenvalue weighted by atomic mass is 16.6. The maximum absolute atomic E-state index is 12.1. The minimum absolute atomic E-state index is 0.0787. The molecule has 0 radical (unpaired) electrons. The van der Waals surface area contributed by atoms with Crippen LogP contribution in [0.3, 0.4) is 0 Å². The smallest absolute Gasteiger partial charge is 0.410 e. The lowest BCUT2D eigenvalue weighted by Gasteiger charge is -2.25. The van der Waals surface area contributed by atoms with Crippen molar-refractivity contribution in [1.29, 1.82) is 0 Å². The van der Waals surface area contributed by atoms with E-state index in [2.05, 4.69) is 6.92 Å². The molecule has 1 aliphatic heterocycles. The van der Waals surface area contributed by atoms with Gasteiger partial charge in [0, 0.05) is 6.54 Å². The van der Waals surface area contributed by atoms with Crippen molar-refractivity contribution in [1.82, 2.24) is 4.90 Å². The summed E-state index contributed by atoms with van der Waals surface area (Å²) in [6, 6.07) is -0.473. The molecule has 0 aromatic carbocycles. The number of hydrogen-bond donors (Lipinski definition) is 0. The molecule has 1 rings (SSSR count). The zero-order valence-electron chi connectivity index (χ0n) is 14.5. The fourth-order valence-corrected chi connectivity index (χ4v) is 2.39. The van der Waals surface area contributed by atoms with E-state index in [0.717, 1.165) is 32.1 Å². The van der Waals surface area contributed by atoms with Crippen LogP contribution in [0.5, 0.6) is 0 Å². The molecular weight excluding hydrogens is 282 g/mol. The molecule has 1 atom stereocenters. The number of carbonyl (C=O) groups is 2. The Balaban J connectivity index is 2.38. The normalized spacial score (nSPS) is 18.4. The standard InChI is InChI=1S/C17H31NO4/c1-5-6-7-8-12-21-15(19)14-10-9-11-18(14)16(20)22-13-17(2,3)4/h14H,5-13H2,1-4H3. The maximum atomic E-state index is 12.1. The third-order valence-corrected chi connectivity index (χ3v) is 3.63. The van der Waals surface area contributed by atoms with Crippen LogP contribution in [-0.2, 0) is 14.3 Å². The minimum atomic E-state index is -0.473. The van der Waals surface area contributed by atoms with Gasteiger partial charge in [-0.25, -0.2) is 9.59 Å². The Morgan fingerprint density at radius 3 is 2.50 bits per heavy atom. The zero-order valence-corrected chi connectivity index (χ0v) is 14.5. The molecule has 0 saturated carbocycles. The van der Waals surface area contributed by atoms with Gasteiger partial charge in [0.05, 0.1) is 13.2 Å². The van der Waals surface area contributed by atoms with Gasteiger partial charge >= 0.3 is 12.1 Å². The number of likely N-dealkylation sites (tertiary alicyclic amines) is 1. The second-order valence-corrected chi connectivity index (χ2v) is 7.19. The van der Waals surface area contributed by atoms with Crippen molar-refractivity contribution in [2.24, 2.45) is 5.41 Å². The monoisotopic (exact) mass is 313 g/mol. The molecular formula is C17H31NO4. The molecule has 0 N–H and O–H groups in total. The third-order valence-electron chi connectivity index (χ3n) is 3.63. The molecule has 1 aliphatic rings. The van der Waals surface area contributed by atoms with Gasteiger partial charge in [0.25, 0.3) is 0 Å². The fraction of sp³-hybridized carbons (Fsp3) is 0.882. The van der Waals surface area contributed by atoms with Crippen molar-refractivity contribution >= 4 is 12.1 Å². The molecule has 1 heterocycles. The number of esters is 1. The lowest BCUT2D eigenvalue weighted by atomic mass is 9.99. The van der Waals surface area contributed by atoms with Crippen LogP contribution in [0.25, 0.3) is 0 Å². The zero-order chi connectivity index (χ0) is 16.6. The summed E-state index contributed by atoms with van der Waals surface area (Å²) in [7, 11) is 0. The minimum Gasteiger partial charge on any atom is -0.464 e. The molecule has 0 spiro atoms. The van der Waals surface area contributed by atoms with E-state index < -0.39 is 12.1 Å². The topological polar surface area (TPSA) is 55.8 Å².